The zero-order valence-corrected chi connectivity index (χ0v) is 17.8. The molecule has 0 spiro atoms. The van der Waals surface area contributed by atoms with Crippen LogP contribution in [-0.4, -0.2) is 41.5 Å². The highest BCUT2D eigenvalue weighted by Crippen LogP contribution is 2.37. The third-order valence-electron chi connectivity index (χ3n) is 5.34. The average Bonchev–Trinajstić information content (AvgIpc) is 2.97. The second-order valence-corrected chi connectivity index (χ2v) is 7.51. The van der Waals surface area contributed by atoms with Crippen molar-refractivity contribution < 1.29 is 19.1 Å². The van der Waals surface area contributed by atoms with Gasteiger partial charge in [0.2, 0.25) is 0 Å². The number of benzene rings is 2. The monoisotopic (exact) mass is 440 g/mol. The molecule has 33 heavy (non-hydrogen) atoms. The molecule has 0 bridgehead atoms. The second kappa shape index (κ2) is 8.58. The smallest absolute Gasteiger partial charge is 0.270 e. The van der Waals surface area contributed by atoms with E-state index in [9.17, 15) is 9.59 Å². The Morgan fingerprint density at radius 1 is 1.03 bits per heavy atom. The van der Waals surface area contributed by atoms with Crippen LogP contribution < -0.4 is 19.7 Å². The van der Waals surface area contributed by atoms with Gasteiger partial charge in [-0.25, -0.2) is 4.98 Å². The first kappa shape index (κ1) is 20.4. The van der Waals surface area contributed by atoms with Crippen molar-refractivity contribution >= 4 is 28.4 Å². The minimum Gasteiger partial charge on any atom is -0.489 e. The van der Waals surface area contributed by atoms with Gasteiger partial charge in [-0.3, -0.25) is 14.6 Å². The molecular weight excluding hydrogens is 420 g/mol. The molecule has 8 nitrogen and oxygen atoms in total. The summed E-state index contributed by atoms with van der Waals surface area (Å²) in [5.41, 5.74) is 1.55. The van der Waals surface area contributed by atoms with Crippen molar-refractivity contribution in [3.05, 3.63) is 84.8 Å². The zero-order valence-electron chi connectivity index (χ0n) is 17.8. The molecule has 1 atom stereocenters. The number of hydrogen-bond acceptors (Lipinski definition) is 6. The van der Waals surface area contributed by atoms with Gasteiger partial charge in [0.05, 0.1) is 17.4 Å². The summed E-state index contributed by atoms with van der Waals surface area (Å²) in [5.74, 6) is 0.963. The maximum absolute atomic E-state index is 13.1. The third-order valence-corrected chi connectivity index (χ3v) is 5.34. The average molecular weight is 440 g/mol. The predicted octanol–water partition coefficient (Wildman–Crippen LogP) is 3.58. The molecule has 1 aliphatic rings. The molecule has 0 radical (unpaired) electrons. The van der Waals surface area contributed by atoms with Gasteiger partial charge in [-0.1, -0.05) is 18.2 Å². The van der Waals surface area contributed by atoms with Gasteiger partial charge in [0.1, 0.15) is 35.6 Å². The first-order chi connectivity index (χ1) is 16.1. The summed E-state index contributed by atoms with van der Waals surface area (Å²) in [5, 5.41) is 3.53. The molecular formula is C25H20N4O4. The van der Waals surface area contributed by atoms with E-state index in [0.717, 1.165) is 10.9 Å². The number of nitrogens with one attached hydrogen (secondary N) is 1. The molecule has 3 heterocycles. The van der Waals surface area contributed by atoms with Crippen LogP contribution in [0.3, 0.4) is 0 Å². The molecule has 5 rings (SSSR count). The Morgan fingerprint density at radius 3 is 2.67 bits per heavy atom. The van der Waals surface area contributed by atoms with E-state index in [1.807, 2.05) is 48.5 Å². The molecule has 1 aliphatic heterocycles. The van der Waals surface area contributed by atoms with Gasteiger partial charge in [-0.05, 0) is 48.5 Å². The van der Waals surface area contributed by atoms with E-state index < -0.39 is 11.9 Å². The van der Waals surface area contributed by atoms with Crippen molar-refractivity contribution in [2.24, 2.45) is 0 Å². The van der Waals surface area contributed by atoms with Gasteiger partial charge in [0.15, 0.2) is 0 Å². The second-order valence-electron chi connectivity index (χ2n) is 7.51. The van der Waals surface area contributed by atoms with Crippen LogP contribution in [0.5, 0.6) is 17.2 Å². The molecule has 4 aromatic rings. The number of likely N-dealkylation sites (N-methyl/N-ethyl adjacent to an activating group) is 1. The fraction of sp³-hybridized carbons (Fsp3) is 0.120. The van der Waals surface area contributed by atoms with Crippen molar-refractivity contribution in [3.8, 4) is 17.2 Å². The number of pyridine rings is 2. The van der Waals surface area contributed by atoms with E-state index in [1.165, 1.54) is 11.1 Å². The summed E-state index contributed by atoms with van der Waals surface area (Å²) in [7, 11) is 1.66. The van der Waals surface area contributed by atoms with Crippen molar-refractivity contribution in [2.75, 3.05) is 18.6 Å². The van der Waals surface area contributed by atoms with Crippen LogP contribution >= 0.6 is 0 Å². The lowest BCUT2D eigenvalue weighted by atomic mass is 10.1. The molecule has 1 unspecified atom stereocenters. The maximum atomic E-state index is 13.1. The van der Waals surface area contributed by atoms with E-state index >= 15 is 0 Å². The van der Waals surface area contributed by atoms with Gasteiger partial charge in [0, 0.05) is 18.6 Å². The fourth-order valence-electron chi connectivity index (χ4n) is 3.70. The lowest BCUT2D eigenvalue weighted by Gasteiger charge is -2.21. The highest BCUT2D eigenvalue weighted by atomic mass is 16.5. The number of ether oxygens (including phenoxy) is 2. The fourth-order valence-corrected chi connectivity index (χ4v) is 3.70. The van der Waals surface area contributed by atoms with Crippen molar-refractivity contribution in [3.63, 3.8) is 0 Å². The number of nitrogens with zero attached hydrogens (tertiary/aromatic N) is 3. The Bertz CT molecular complexity index is 1330. The summed E-state index contributed by atoms with van der Waals surface area (Å²) in [6, 6.07) is 18.9. The lowest BCUT2D eigenvalue weighted by molar-refractivity contribution is -0.120. The molecule has 1 N–H and O–H groups in total. The number of aromatic nitrogens is 2. The van der Waals surface area contributed by atoms with E-state index in [2.05, 4.69) is 15.3 Å². The largest absolute Gasteiger partial charge is 0.489 e. The summed E-state index contributed by atoms with van der Waals surface area (Å²) >= 11 is 0. The Balaban J connectivity index is 1.32. The van der Waals surface area contributed by atoms with Gasteiger partial charge in [0.25, 0.3) is 11.8 Å². The molecule has 0 aliphatic carbocycles. The van der Waals surface area contributed by atoms with Crippen molar-refractivity contribution in [1.29, 1.82) is 0 Å². The van der Waals surface area contributed by atoms with Crippen LogP contribution in [0.4, 0.5) is 5.69 Å². The maximum Gasteiger partial charge on any atom is 0.270 e. The Kier molecular flexibility index (Phi) is 5.32. The Labute approximate surface area is 189 Å². The normalized spacial score (nSPS) is 15.4. The number of hydrogen-bond donors (Lipinski definition) is 1. The van der Waals surface area contributed by atoms with Crippen molar-refractivity contribution in [2.45, 2.75) is 6.04 Å². The number of carbonyl (C=O) groups excluding carboxylic acids is 2. The standard InChI is InChI=1S/C25H20N4O4/c1-29-23-18-8-5-13-26-19(18)11-12-22(23)32-15-21(25(29)31)28-24(30)20-10-9-17(14-27-20)33-16-6-3-2-4-7-16/h2-14,21H,15H2,1H3,(H,28,30). The minimum atomic E-state index is -0.872. The highest BCUT2D eigenvalue weighted by Gasteiger charge is 2.32. The third kappa shape index (κ3) is 4.06. The van der Waals surface area contributed by atoms with Crippen molar-refractivity contribution in [1.82, 2.24) is 15.3 Å². The van der Waals surface area contributed by atoms with Gasteiger partial charge in [-0.2, -0.15) is 0 Å². The highest BCUT2D eigenvalue weighted by molar-refractivity contribution is 6.08. The summed E-state index contributed by atoms with van der Waals surface area (Å²) < 4.78 is 11.6. The SMILES string of the molecule is CN1C(=O)C(NC(=O)c2ccc(Oc3ccccc3)cn2)COc2ccc3ncccc3c21. The molecule has 0 saturated carbocycles. The zero-order chi connectivity index (χ0) is 22.8. The summed E-state index contributed by atoms with van der Waals surface area (Å²) in [6.45, 7) is 0.00286. The number of anilines is 1. The molecule has 0 saturated heterocycles. The number of fused-ring (bicyclic) bond motifs is 3. The van der Waals surface area contributed by atoms with Crippen LogP contribution in [0.15, 0.2) is 79.1 Å². The molecule has 0 fully saturated rings. The predicted molar refractivity (Wildman–Crippen MR) is 123 cm³/mol. The topological polar surface area (TPSA) is 93.7 Å². The number of amides is 2. The lowest BCUT2D eigenvalue weighted by Crippen LogP contribution is -2.49. The first-order valence-corrected chi connectivity index (χ1v) is 10.4. The number of para-hydroxylation sites is 1. The van der Waals surface area contributed by atoms with E-state index in [0.29, 0.717) is 22.9 Å². The van der Waals surface area contributed by atoms with Crippen LogP contribution in [0.2, 0.25) is 0 Å². The first-order valence-electron chi connectivity index (χ1n) is 10.4. The summed E-state index contributed by atoms with van der Waals surface area (Å²) in [4.78, 5) is 35.9. The van der Waals surface area contributed by atoms with Gasteiger partial charge in [-0.15, -0.1) is 0 Å². The Morgan fingerprint density at radius 2 is 1.88 bits per heavy atom. The molecule has 2 aromatic carbocycles. The number of carbonyl (C=O) groups is 2. The molecule has 2 aromatic heterocycles. The van der Waals surface area contributed by atoms with E-state index in [4.69, 9.17) is 9.47 Å². The molecule has 8 heteroatoms. The Hall–Kier alpha value is -4.46. The van der Waals surface area contributed by atoms with Gasteiger partial charge >= 0.3 is 0 Å². The van der Waals surface area contributed by atoms with Crippen LogP contribution in [0.1, 0.15) is 10.5 Å². The van der Waals surface area contributed by atoms with E-state index in [1.54, 1.807) is 31.4 Å². The summed E-state index contributed by atoms with van der Waals surface area (Å²) in [6.07, 6.45) is 3.16. The van der Waals surface area contributed by atoms with Crippen LogP contribution in [-0.2, 0) is 4.79 Å². The quantitative estimate of drug-likeness (QED) is 0.521. The van der Waals surface area contributed by atoms with Crippen LogP contribution in [0, 0.1) is 0 Å². The minimum absolute atomic E-state index is 0.00286. The molecule has 2 amide bonds. The number of rotatable bonds is 4. The van der Waals surface area contributed by atoms with E-state index in [-0.39, 0.29) is 18.2 Å². The van der Waals surface area contributed by atoms with Gasteiger partial charge < -0.3 is 19.7 Å². The molecule has 164 valence electrons. The van der Waals surface area contributed by atoms with Crippen LogP contribution in [0.25, 0.3) is 10.9 Å².